The van der Waals surface area contributed by atoms with Crippen molar-refractivity contribution in [2.24, 2.45) is 5.92 Å². The molecule has 1 saturated carbocycles. The van der Waals surface area contributed by atoms with E-state index >= 15 is 4.39 Å². The second kappa shape index (κ2) is 13.7. The molecule has 0 unspecified atom stereocenters. The summed E-state index contributed by atoms with van der Waals surface area (Å²) >= 11 is 0. The van der Waals surface area contributed by atoms with Gasteiger partial charge in [-0.25, -0.2) is 8.78 Å². The zero-order valence-electron chi connectivity index (χ0n) is 22.6. The van der Waals surface area contributed by atoms with Crippen LogP contribution in [0.2, 0.25) is 0 Å². The maximum Gasteiger partial charge on any atom is 0.201 e. The number of benzene rings is 3. The van der Waals surface area contributed by atoms with Crippen molar-refractivity contribution in [1.29, 1.82) is 0 Å². The van der Waals surface area contributed by atoms with E-state index in [-0.39, 0.29) is 23.0 Å². The Labute approximate surface area is 225 Å². The van der Waals surface area contributed by atoms with Gasteiger partial charge in [0.25, 0.3) is 0 Å². The smallest absolute Gasteiger partial charge is 0.201 e. The Bertz CT molecular complexity index is 1210. The highest BCUT2D eigenvalue weighted by molar-refractivity contribution is 5.71. The van der Waals surface area contributed by atoms with Crippen molar-refractivity contribution in [3.63, 3.8) is 0 Å². The van der Waals surface area contributed by atoms with E-state index in [2.05, 4.69) is 19.1 Å². The molecule has 0 heterocycles. The highest BCUT2D eigenvalue weighted by Crippen LogP contribution is 2.38. The van der Waals surface area contributed by atoms with Gasteiger partial charge >= 0.3 is 0 Å². The molecule has 0 radical (unpaired) electrons. The number of hydrogen-bond donors (Lipinski definition) is 0. The first kappa shape index (κ1) is 28.0. The predicted octanol–water partition coefficient (Wildman–Crippen LogP) is 10.6. The summed E-state index contributed by atoms with van der Waals surface area (Å²) < 4.78 is 50.1. The Morgan fingerprint density at radius 3 is 2.13 bits per heavy atom. The van der Waals surface area contributed by atoms with Crippen LogP contribution in [0.1, 0.15) is 83.1 Å². The molecule has 3 aromatic carbocycles. The molecule has 1 aliphatic carbocycles. The van der Waals surface area contributed by atoms with E-state index in [0.717, 1.165) is 68.1 Å². The lowest BCUT2D eigenvalue weighted by molar-refractivity contribution is 0.285. The monoisotopic (exact) mass is 520 g/mol. The van der Waals surface area contributed by atoms with Gasteiger partial charge in [-0.1, -0.05) is 81.2 Å². The fourth-order valence-corrected chi connectivity index (χ4v) is 5.53. The minimum Gasteiger partial charge on any atom is -0.490 e. The summed E-state index contributed by atoms with van der Waals surface area (Å²) in [4.78, 5) is 0. The molecular weight excluding hydrogens is 481 g/mol. The molecule has 0 N–H and O–H groups in total. The zero-order valence-corrected chi connectivity index (χ0v) is 22.6. The summed E-state index contributed by atoms with van der Waals surface area (Å²) in [6.45, 7) is 4.58. The molecule has 0 atom stereocenters. The van der Waals surface area contributed by atoms with Crippen LogP contribution in [0.5, 0.6) is 5.75 Å². The summed E-state index contributed by atoms with van der Waals surface area (Å²) in [7, 11) is 0. The molecular formula is C34H39F3O. The second-order valence-corrected chi connectivity index (χ2v) is 10.5. The van der Waals surface area contributed by atoms with Crippen LogP contribution >= 0.6 is 0 Å². The van der Waals surface area contributed by atoms with Gasteiger partial charge in [0.05, 0.1) is 6.61 Å². The van der Waals surface area contributed by atoms with Crippen molar-refractivity contribution < 1.29 is 17.9 Å². The fourth-order valence-electron chi connectivity index (χ4n) is 5.53. The lowest BCUT2D eigenvalue weighted by Gasteiger charge is -2.27. The average Bonchev–Trinajstić information content (AvgIpc) is 2.94. The van der Waals surface area contributed by atoms with Gasteiger partial charge in [0.2, 0.25) is 5.82 Å². The summed E-state index contributed by atoms with van der Waals surface area (Å²) in [6.07, 6.45) is 13.9. The molecule has 4 rings (SSSR count). The van der Waals surface area contributed by atoms with Crippen molar-refractivity contribution in [2.45, 2.75) is 77.6 Å². The van der Waals surface area contributed by atoms with Gasteiger partial charge in [-0.3, -0.25) is 0 Å². The quantitative estimate of drug-likeness (QED) is 0.180. The van der Waals surface area contributed by atoms with Crippen LogP contribution in [0.15, 0.2) is 66.7 Å². The number of allylic oxidation sites excluding steroid dienone is 2. The third-order valence-corrected chi connectivity index (χ3v) is 7.76. The van der Waals surface area contributed by atoms with Gasteiger partial charge in [-0.2, -0.15) is 4.39 Å². The Morgan fingerprint density at radius 1 is 0.763 bits per heavy atom. The van der Waals surface area contributed by atoms with Crippen molar-refractivity contribution >= 4 is 0 Å². The van der Waals surface area contributed by atoms with E-state index in [0.29, 0.717) is 18.1 Å². The van der Waals surface area contributed by atoms with Crippen LogP contribution in [0.4, 0.5) is 13.2 Å². The summed E-state index contributed by atoms with van der Waals surface area (Å²) in [5, 5.41) is 0. The van der Waals surface area contributed by atoms with Crippen LogP contribution in [-0.4, -0.2) is 6.61 Å². The molecule has 1 aliphatic rings. The summed E-state index contributed by atoms with van der Waals surface area (Å²) in [6, 6.07) is 15.7. The molecule has 0 amide bonds. The lowest BCUT2D eigenvalue weighted by atomic mass is 9.78. The largest absolute Gasteiger partial charge is 0.490 e. The molecule has 202 valence electrons. The van der Waals surface area contributed by atoms with Crippen molar-refractivity contribution in [1.82, 2.24) is 0 Å². The molecule has 0 spiro atoms. The Morgan fingerprint density at radius 2 is 1.45 bits per heavy atom. The third kappa shape index (κ3) is 6.89. The van der Waals surface area contributed by atoms with Gasteiger partial charge in [0, 0.05) is 5.56 Å². The minimum atomic E-state index is -0.961. The highest BCUT2D eigenvalue weighted by Gasteiger charge is 2.23. The van der Waals surface area contributed by atoms with Crippen LogP contribution in [0.25, 0.3) is 22.3 Å². The molecule has 0 aromatic heterocycles. The topological polar surface area (TPSA) is 9.23 Å². The average molecular weight is 521 g/mol. The first-order valence-corrected chi connectivity index (χ1v) is 14.2. The lowest BCUT2D eigenvalue weighted by Crippen LogP contribution is -2.12. The third-order valence-electron chi connectivity index (χ3n) is 7.76. The number of hydrogen-bond acceptors (Lipinski definition) is 1. The van der Waals surface area contributed by atoms with E-state index in [1.54, 1.807) is 24.3 Å². The first-order chi connectivity index (χ1) is 18.5. The van der Waals surface area contributed by atoms with Crippen molar-refractivity contribution in [2.75, 3.05) is 6.61 Å². The first-order valence-electron chi connectivity index (χ1n) is 14.2. The number of unbranched alkanes of at least 4 members (excludes halogenated alkanes) is 4. The molecule has 38 heavy (non-hydrogen) atoms. The Balaban J connectivity index is 1.41. The van der Waals surface area contributed by atoms with Crippen LogP contribution < -0.4 is 4.74 Å². The van der Waals surface area contributed by atoms with E-state index in [9.17, 15) is 8.78 Å². The molecule has 4 heteroatoms. The maximum atomic E-state index is 15.1. The second-order valence-electron chi connectivity index (χ2n) is 10.5. The van der Waals surface area contributed by atoms with E-state index in [4.69, 9.17) is 4.74 Å². The normalized spacial score (nSPS) is 17.7. The van der Waals surface area contributed by atoms with Crippen molar-refractivity contribution in [3.05, 3.63) is 89.8 Å². The number of halogens is 3. The van der Waals surface area contributed by atoms with Crippen LogP contribution in [0.3, 0.4) is 0 Å². The Kier molecular flexibility index (Phi) is 10.1. The van der Waals surface area contributed by atoms with E-state index in [1.807, 2.05) is 31.2 Å². The summed E-state index contributed by atoms with van der Waals surface area (Å²) in [5.41, 5.74) is 3.14. The van der Waals surface area contributed by atoms with Crippen LogP contribution in [-0.2, 0) is 0 Å². The molecule has 1 nitrogen and oxygen atoms in total. The predicted molar refractivity (Wildman–Crippen MR) is 151 cm³/mol. The maximum absolute atomic E-state index is 15.1. The molecule has 3 aromatic rings. The minimum absolute atomic E-state index is 0.0516. The molecule has 0 bridgehead atoms. The highest BCUT2D eigenvalue weighted by atomic mass is 19.2. The molecule has 1 fully saturated rings. The van der Waals surface area contributed by atoms with E-state index < -0.39 is 11.6 Å². The summed E-state index contributed by atoms with van der Waals surface area (Å²) in [5.74, 6) is -1.23. The fraction of sp³-hybridized carbons (Fsp3) is 0.412. The van der Waals surface area contributed by atoms with Gasteiger partial charge < -0.3 is 4.74 Å². The van der Waals surface area contributed by atoms with Gasteiger partial charge in [-0.05, 0) is 91.3 Å². The van der Waals surface area contributed by atoms with Crippen molar-refractivity contribution in [3.8, 4) is 28.0 Å². The van der Waals surface area contributed by atoms with E-state index in [1.165, 1.54) is 12.5 Å². The van der Waals surface area contributed by atoms with Crippen LogP contribution in [0, 0.1) is 23.4 Å². The van der Waals surface area contributed by atoms with Gasteiger partial charge in [0.1, 0.15) is 5.82 Å². The van der Waals surface area contributed by atoms with Gasteiger partial charge in [0.15, 0.2) is 11.6 Å². The molecule has 0 aliphatic heterocycles. The number of rotatable bonds is 11. The number of ether oxygens (including phenoxy) is 1. The Hall–Kier alpha value is -3.01. The van der Waals surface area contributed by atoms with Gasteiger partial charge in [-0.15, -0.1) is 0 Å². The standard InChI is InChI=1S/C34H39F3O/c1-3-5-6-7-8-22-38-32-21-20-30(33(36)34(32)37)27-16-14-25(15-17-27)28-18-19-29(31(35)23-28)26-12-10-24(9-4-2)11-13-26/h4,9,14-21,23-24,26H,3,5-8,10-13,22H2,1-2H3. The SMILES string of the molecule is CC=CC1CCC(c2ccc(-c3ccc(-c4ccc(OCCCCCCC)c(F)c4F)cc3)cc2F)CC1. The molecule has 0 saturated heterocycles. The zero-order chi connectivity index (χ0) is 26.9.